The predicted octanol–water partition coefficient (Wildman–Crippen LogP) is 1.78. The third kappa shape index (κ3) is 4.63. The van der Waals surface area contributed by atoms with Crippen molar-refractivity contribution in [1.82, 2.24) is 10.2 Å². The third-order valence-electron chi connectivity index (χ3n) is 2.61. The summed E-state index contributed by atoms with van der Waals surface area (Å²) in [6.07, 6.45) is -0.899. The number of methoxy groups -OCH3 is 1. The summed E-state index contributed by atoms with van der Waals surface area (Å²) in [6, 6.07) is 7.42. The molecular formula is C13H20N2O3. The van der Waals surface area contributed by atoms with E-state index in [4.69, 9.17) is 9.84 Å². The van der Waals surface area contributed by atoms with Gasteiger partial charge in [-0.2, -0.15) is 0 Å². The molecule has 0 heterocycles. The number of rotatable bonds is 7. The lowest BCUT2D eigenvalue weighted by Crippen LogP contribution is -2.35. The topological polar surface area (TPSA) is 61.8 Å². The summed E-state index contributed by atoms with van der Waals surface area (Å²) in [6.45, 7) is 4.38. The van der Waals surface area contributed by atoms with Crippen LogP contribution < -0.4 is 10.1 Å². The van der Waals surface area contributed by atoms with Gasteiger partial charge in [0.2, 0.25) is 0 Å². The molecule has 0 radical (unpaired) electrons. The Bertz CT molecular complexity index is 365. The largest absolute Gasteiger partial charge is 0.497 e. The first-order valence-corrected chi connectivity index (χ1v) is 5.99. The number of likely N-dealkylation sites (N-methyl/N-ethyl adjacent to an activating group) is 1. The number of nitrogens with zero attached hydrogens (tertiary/aromatic N) is 1. The molecule has 0 aliphatic carbocycles. The number of carboxylic acid groups (broad SMARTS) is 1. The quantitative estimate of drug-likeness (QED) is 0.726. The van der Waals surface area contributed by atoms with Crippen molar-refractivity contribution in [1.29, 1.82) is 0 Å². The fourth-order valence-electron chi connectivity index (χ4n) is 1.58. The molecule has 1 aromatic carbocycles. The summed E-state index contributed by atoms with van der Waals surface area (Å²) < 4.78 is 5.06. The van der Waals surface area contributed by atoms with Crippen molar-refractivity contribution in [2.24, 2.45) is 0 Å². The Morgan fingerprint density at radius 2 is 2.06 bits per heavy atom. The average Bonchev–Trinajstić information content (AvgIpc) is 2.38. The molecule has 0 fully saturated rings. The first-order valence-electron chi connectivity index (χ1n) is 5.99. The Labute approximate surface area is 107 Å². The van der Waals surface area contributed by atoms with Crippen molar-refractivity contribution < 1.29 is 14.6 Å². The maximum absolute atomic E-state index is 11.1. The summed E-state index contributed by atoms with van der Waals surface area (Å²) >= 11 is 0. The molecular weight excluding hydrogens is 232 g/mol. The molecule has 0 aliphatic heterocycles. The van der Waals surface area contributed by atoms with Crippen molar-refractivity contribution in [3.05, 3.63) is 29.8 Å². The molecule has 0 saturated carbocycles. The van der Waals surface area contributed by atoms with Gasteiger partial charge < -0.3 is 20.1 Å². The second-order valence-corrected chi connectivity index (χ2v) is 3.91. The molecule has 5 heteroatoms. The van der Waals surface area contributed by atoms with E-state index in [0.29, 0.717) is 19.6 Å². The van der Waals surface area contributed by atoms with Gasteiger partial charge in [-0.3, -0.25) is 0 Å². The van der Waals surface area contributed by atoms with E-state index in [2.05, 4.69) is 5.32 Å². The van der Waals surface area contributed by atoms with Gasteiger partial charge in [0.05, 0.1) is 7.11 Å². The van der Waals surface area contributed by atoms with Gasteiger partial charge in [-0.05, 0) is 24.2 Å². The van der Waals surface area contributed by atoms with Gasteiger partial charge in [0, 0.05) is 19.6 Å². The van der Waals surface area contributed by atoms with Crippen LogP contribution in [0.5, 0.6) is 5.75 Å². The molecule has 1 amide bonds. The number of benzene rings is 1. The molecule has 0 aliphatic rings. The normalized spacial score (nSPS) is 10.1. The van der Waals surface area contributed by atoms with Gasteiger partial charge in [0.1, 0.15) is 5.75 Å². The van der Waals surface area contributed by atoms with Crippen molar-refractivity contribution in [3.63, 3.8) is 0 Å². The van der Waals surface area contributed by atoms with E-state index in [9.17, 15) is 4.79 Å². The maximum atomic E-state index is 11.1. The Morgan fingerprint density at radius 1 is 1.39 bits per heavy atom. The highest BCUT2D eigenvalue weighted by atomic mass is 16.5. The molecule has 18 heavy (non-hydrogen) atoms. The van der Waals surface area contributed by atoms with Crippen molar-refractivity contribution >= 4 is 6.09 Å². The summed E-state index contributed by atoms with van der Waals surface area (Å²) in [7, 11) is 1.61. The van der Waals surface area contributed by atoms with E-state index < -0.39 is 6.09 Å². The smallest absolute Gasteiger partial charge is 0.407 e. The lowest BCUT2D eigenvalue weighted by molar-refractivity contribution is 0.142. The lowest BCUT2D eigenvalue weighted by Gasteiger charge is -2.19. The maximum Gasteiger partial charge on any atom is 0.407 e. The van der Waals surface area contributed by atoms with Crippen LogP contribution in [0.2, 0.25) is 0 Å². The molecule has 0 bridgehead atoms. The average molecular weight is 252 g/mol. The van der Waals surface area contributed by atoms with Crippen LogP contribution in [0.4, 0.5) is 4.79 Å². The number of amides is 1. The van der Waals surface area contributed by atoms with Gasteiger partial charge in [-0.25, -0.2) is 4.79 Å². The number of hydrogen-bond acceptors (Lipinski definition) is 3. The van der Waals surface area contributed by atoms with Gasteiger partial charge in [-0.1, -0.05) is 19.1 Å². The zero-order valence-electron chi connectivity index (χ0n) is 10.8. The summed E-state index contributed by atoms with van der Waals surface area (Å²) in [5.41, 5.74) is 0.953. The molecule has 1 aromatic rings. The van der Waals surface area contributed by atoms with Crippen LogP contribution in [0.3, 0.4) is 0 Å². The molecule has 0 aromatic heterocycles. The van der Waals surface area contributed by atoms with Crippen LogP contribution >= 0.6 is 0 Å². The van der Waals surface area contributed by atoms with Crippen molar-refractivity contribution in [3.8, 4) is 5.75 Å². The Morgan fingerprint density at radius 3 is 2.56 bits per heavy atom. The molecule has 2 N–H and O–H groups in total. The highest BCUT2D eigenvalue weighted by Crippen LogP contribution is 2.12. The molecule has 0 atom stereocenters. The predicted molar refractivity (Wildman–Crippen MR) is 70.0 cm³/mol. The van der Waals surface area contributed by atoms with Gasteiger partial charge in [0.15, 0.2) is 0 Å². The minimum absolute atomic E-state index is 0.394. The van der Waals surface area contributed by atoms with E-state index >= 15 is 0 Å². The fraction of sp³-hybridized carbons (Fsp3) is 0.462. The zero-order valence-corrected chi connectivity index (χ0v) is 10.8. The molecule has 0 saturated heterocycles. The van der Waals surface area contributed by atoms with E-state index in [1.807, 2.05) is 31.2 Å². The van der Waals surface area contributed by atoms with Gasteiger partial charge in [0.25, 0.3) is 0 Å². The Kier molecular flexibility index (Phi) is 6.00. The third-order valence-corrected chi connectivity index (χ3v) is 2.61. The highest BCUT2D eigenvalue weighted by Gasteiger charge is 2.11. The number of hydrogen-bond donors (Lipinski definition) is 2. The van der Waals surface area contributed by atoms with E-state index in [0.717, 1.165) is 17.9 Å². The molecule has 1 rings (SSSR count). The first-order chi connectivity index (χ1) is 8.67. The lowest BCUT2D eigenvalue weighted by atomic mass is 10.2. The van der Waals surface area contributed by atoms with Crippen LogP contribution in [-0.4, -0.2) is 42.8 Å². The van der Waals surface area contributed by atoms with E-state index in [1.165, 1.54) is 4.90 Å². The molecule has 100 valence electrons. The number of nitrogens with one attached hydrogen (secondary N) is 1. The van der Waals surface area contributed by atoms with Crippen LogP contribution in [0.25, 0.3) is 0 Å². The Hall–Kier alpha value is -1.75. The van der Waals surface area contributed by atoms with Crippen LogP contribution in [0, 0.1) is 0 Å². The summed E-state index contributed by atoms with van der Waals surface area (Å²) in [4.78, 5) is 12.5. The van der Waals surface area contributed by atoms with Crippen molar-refractivity contribution in [2.45, 2.75) is 13.5 Å². The van der Waals surface area contributed by atoms with Crippen LogP contribution in [0.15, 0.2) is 24.3 Å². The summed E-state index contributed by atoms with van der Waals surface area (Å²) in [5.74, 6) is 0.772. The SMILES string of the molecule is CCNCCN(Cc1ccc(OC)cc1)C(=O)O. The monoisotopic (exact) mass is 252 g/mol. The second-order valence-electron chi connectivity index (χ2n) is 3.91. The van der Waals surface area contributed by atoms with Crippen molar-refractivity contribution in [2.75, 3.05) is 26.7 Å². The van der Waals surface area contributed by atoms with E-state index in [1.54, 1.807) is 7.11 Å². The summed E-state index contributed by atoms with van der Waals surface area (Å²) in [5, 5.41) is 12.2. The van der Waals surface area contributed by atoms with Crippen LogP contribution in [-0.2, 0) is 6.54 Å². The minimum atomic E-state index is -0.899. The molecule has 0 unspecified atom stereocenters. The Balaban J connectivity index is 2.56. The fourth-order valence-corrected chi connectivity index (χ4v) is 1.58. The minimum Gasteiger partial charge on any atom is -0.497 e. The van der Waals surface area contributed by atoms with E-state index in [-0.39, 0.29) is 0 Å². The highest BCUT2D eigenvalue weighted by molar-refractivity contribution is 5.65. The zero-order chi connectivity index (χ0) is 13.4. The van der Waals surface area contributed by atoms with Crippen LogP contribution in [0.1, 0.15) is 12.5 Å². The molecule has 5 nitrogen and oxygen atoms in total. The van der Waals surface area contributed by atoms with Gasteiger partial charge in [-0.15, -0.1) is 0 Å². The molecule has 0 spiro atoms. The number of carbonyl (C=O) groups is 1. The first kappa shape index (κ1) is 14.3. The second kappa shape index (κ2) is 7.55. The number of ether oxygens (including phenoxy) is 1. The van der Waals surface area contributed by atoms with Gasteiger partial charge >= 0.3 is 6.09 Å². The standard InChI is InChI=1S/C13H20N2O3/c1-3-14-8-9-15(13(16)17)10-11-4-6-12(18-2)7-5-11/h4-7,14H,3,8-10H2,1-2H3,(H,16,17).